The summed E-state index contributed by atoms with van der Waals surface area (Å²) in [5.74, 6) is -9.51. The number of rotatable bonds is 24. The first kappa shape index (κ1) is 52.2. The molecule has 0 saturated heterocycles. The van der Waals surface area contributed by atoms with Crippen molar-refractivity contribution in [3.8, 4) is 11.5 Å². The van der Waals surface area contributed by atoms with Gasteiger partial charge in [0.2, 0.25) is 0 Å². The fourth-order valence-corrected chi connectivity index (χ4v) is 6.23. The Labute approximate surface area is 359 Å². The van der Waals surface area contributed by atoms with Crippen LogP contribution in [0.5, 0.6) is 11.5 Å². The lowest BCUT2D eigenvalue weighted by molar-refractivity contribution is -0.143. The lowest BCUT2D eigenvalue weighted by Crippen LogP contribution is -2.45. The summed E-state index contributed by atoms with van der Waals surface area (Å²) < 4.78 is 0. The Kier molecular flexibility index (Phi) is 21.9. The molecule has 0 aliphatic rings. The smallest absolute Gasteiger partial charge is 0.339 e. The Morgan fingerprint density at radius 3 is 1.08 bits per heavy atom. The van der Waals surface area contributed by atoms with Crippen LogP contribution < -0.4 is 16.8 Å². The first-order valence-corrected chi connectivity index (χ1v) is 19.1. The normalized spacial score (nSPS) is 10.9. The Balaban J connectivity index is 0.000000378. The molecule has 0 atom stereocenters. The highest BCUT2D eigenvalue weighted by atomic mass is 16.4. The minimum absolute atomic E-state index is 0.000836. The van der Waals surface area contributed by atoms with Gasteiger partial charge < -0.3 is 62.7 Å². The zero-order chi connectivity index (χ0) is 47.2. The van der Waals surface area contributed by atoms with Gasteiger partial charge in [-0.3, -0.25) is 38.7 Å². The van der Waals surface area contributed by atoms with Gasteiger partial charge in [-0.25, -0.2) is 9.59 Å². The molecule has 0 radical (unpaired) electrons. The number of carboxylic acids is 7. The van der Waals surface area contributed by atoms with Crippen LogP contribution in [0.15, 0.2) is 60.7 Å². The lowest BCUT2D eigenvalue weighted by atomic mass is 9.90. The molecule has 0 aliphatic carbocycles. The molecule has 0 aliphatic heterocycles. The monoisotopic (exact) mass is 884 g/mol. The van der Waals surface area contributed by atoms with Crippen molar-refractivity contribution in [3.63, 3.8) is 0 Å². The molecule has 0 unspecified atom stereocenters. The number of aromatic carboxylic acids is 2. The van der Waals surface area contributed by atoms with Gasteiger partial charge in [0, 0.05) is 69.9 Å². The van der Waals surface area contributed by atoms with Crippen molar-refractivity contribution in [2.75, 3.05) is 85.1 Å². The van der Waals surface area contributed by atoms with E-state index in [2.05, 4.69) is 5.32 Å². The zero-order valence-corrected chi connectivity index (χ0v) is 34.1. The molecule has 63 heavy (non-hydrogen) atoms. The number of fused-ring (bicyclic) bond motifs is 2. The number of nitrogens with two attached hydrogens (primary N) is 2. The fraction of sp³-hybridized carbons (Fsp3) is 0.341. The Bertz CT molecular complexity index is 2060. The summed E-state index contributed by atoms with van der Waals surface area (Å²) in [7, 11) is 0. The molecule has 0 heterocycles. The molecule has 0 bridgehead atoms. The number of phenols is 2. The third kappa shape index (κ3) is 17.9. The molecule has 22 heteroatoms. The summed E-state index contributed by atoms with van der Waals surface area (Å²) in [6.45, 7) is 0.398. The van der Waals surface area contributed by atoms with Crippen LogP contribution in [0.4, 0.5) is 0 Å². The number of carboxylic acid groups (broad SMARTS) is 7. The highest BCUT2D eigenvalue weighted by Gasteiger charge is 2.23. The van der Waals surface area contributed by atoms with E-state index in [1.54, 1.807) is 48.5 Å². The van der Waals surface area contributed by atoms with Gasteiger partial charge in [0.05, 0.1) is 32.7 Å². The average Bonchev–Trinajstić information content (AvgIpc) is 3.19. The second-order valence-corrected chi connectivity index (χ2v) is 13.7. The minimum Gasteiger partial charge on any atom is -0.507 e. The van der Waals surface area contributed by atoms with Gasteiger partial charge in [0.15, 0.2) is 0 Å². The zero-order valence-electron chi connectivity index (χ0n) is 34.1. The molecule has 0 saturated carbocycles. The van der Waals surface area contributed by atoms with E-state index in [-0.39, 0.29) is 43.7 Å². The summed E-state index contributed by atoms with van der Waals surface area (Å²) in [6.07, 6.45) is -0.0407. The number of aromatic hydroxyl groups is 2. The standard InChI is InChI=1S/C23H16O6.C14H23N3O10.C4H13N3/c24-20-16(14-7-3-1-5-12(14)9-18(20)22(26)27)11-17-15-8-4-2-6-13(15)10-19(21(17)25)23(28)29;18-10(19)5-15(1-3-16(6-11(20)21)7-12(22)23)2-4-17(8-13(24)25)9-14(26)27;5-1-3-7-4-2-6/h1-10,24-25H,11H2,(H,26,27)(H,28,29);1-9H2,(H,18,19)(H,20,21)(H,22,23)(H,24,25)(H,26,27);7H,1-6H2. The van der Waals surface area contributed by atoms with E-state index in [0.717, 1.165) is 22.9 Å². The van der Waals surface area contributed by atoms with Crippen molar-refractivity contribution in [2.24, 2.45) is 11.5 Å². The molecule has 0 amide bonds. The van der Waals surface area contributed by atoms with Crippen LogP contribution in [-0.2, 0) is 30.4 Å². The number of carbonyl (C=O) groups is 7. The van der Waals surface area contributed by atoms with Gasteiger partial charge in [-0.2, -0.15) is 0 Å². The third-order valence-electron chi connectivity index (χ3n) is 8.97. The summed E-state index contributed by atoms with van der Waals surface area (Å²) in [5, 5.41) is 89.9. The highest BCUT2D eigenvalue weighted by Crippen LogP contribution is 2.38. The van der Waals surface area contributed by atoms with Gasteiger partial charge in [-0.1, -0.05) is 48.5 Å². The van der Waals surface area contributed by atoms with Gasteiger partial charge in [-0.15, -0.1) is 0 Å². The number of aliphatic carboxylic acids is 5. The molecular weight excluding hydrogens is 832 g/mol. The van der Waals surface area contributed by atoms with E-state index in [4.69, 9.17) is 37.0 Å². The summed E-state index contributed by atoms with van der Waals surface area (Å²) in [5.41, 5.74) is 10.4. The molecule has 22 nitrogen and oxygen atoms in total. The molecule has 0 aromatic heterocycles. The highest BCUT2D eigenvalue weighted by molar-refractivity contribution is 6.02. The van der Waals surface area contributed by atoms with Crippen LogP contribution in [0.3, 0.4) is 0 Å². The molecule has 342 valence electrons. The topological polar surface area (TPSA) is 375 Å². The second kappa shape index (κ2) is 26.4. The van der Waals surface area contributed by atoms with Gasteiger partial charge in [0.25, 0.3) is 0 Å². The largest absolute Gasteiger partial charge is 0.507 e. The van der Waals surface area contributed by atoms with Crippen LogP contribution >= 0.6 is 0 Å². The van der Waals surface area contributed by atoms with Crippen molar-refractivity contribution in [2.45, 2.75) is 6.42 Å². The van der Waals surface area contributed by atoms with E-state index >= 15 is 0 Å². The Morgan fingerprint density at radius 1 is 0.476 bits per heavy atom. The van der Waals surface area contributed by atoms with Gasteiger partial charge >= 0.3 is 41.8 Å². The summed E-state index contributed by atoms with van der Waals surface area (Å²) in [6, 6.07) is 16.8. The maximum atomic E-state index is 11.6. The molecule has 0 fully saturated rings. The van der Waals surface area contributed by atoms with E-state index in [1.807, 2.05) is 0 Å². The van der Waals surface area contributed by atoms with Crippen LogP contribution in [0, 0.1) is 0 Å². The van der Waals surface area contributed by atoms with Gasteiger partial charge in [0.1, 0.15) is 22.6 Å². The van der Waals surface area contributed by atoms with Crippen LogP contribution in [0.1, 0.15) is 31.8 Å². The van der Waals surface area contributed by atoms with Crippen molar-refractivity contribution in [1.29, 1.82) is 0 Å². The third-order valence-corrected chi connectivity index (χ3v) is 8.97. The molecule has 0 spiro atoms. The summed E-state index contributed by atoms with van der Waals surface area (Å²) in [4.78, 5) is 80.8. The van der Waals surface area contributed by atoms with Crippen LogP contribution in [-0.4, -0.2) is 188 Å². The van der Waals surface area contributed by atoms with E-state index in [1.165, 1.54) is 17.0 Å². The maximum Gasteiger partial charge on any atom is 0.339 e. The quantitative estimate of drug-likeness (QED) is 0.0418. The van der Waals surface area contributed by atoms with Crippen molar-refractivity contribution >= 4 is 63.3 Å². The first-order valence-electron chi connectivity index (χ1n) is 19.1. The Hall–Kier alpha value is -6.95. The number of nitrogens with one attached hydrogen (secondary N) is 1. The lowest BCUT2D eigenvalue weighted by Gasteiger charge is -2.27. The van der Waals surface area contributed by atoms with Gasteiger partial charge in [-0.05, 0) is 33.7 Å². The predicted molar refractivity (Wildman–Crippen MR) is 226 cm³/mol. The molecule has 4 rings (SSSR count). The van der Waals surface area contributed by atoms with E-state index in [9.17, 15) is 54.0 Å². The number of nitrogens with zero attached hydrogens (tertiary/aromatic N) is 3. The Morgan fingerprint density at radius 2 is 0.778 bits per heavy atom. The molecule has 14 N–H and O–H groups in total. The summed E-state index contributed by atoms with van der Waals surface area (Å²) >= 11 is 0. The number of hydrogen-bond donors (Lipinski definition) is 12. The average molecular weight is 885 g/mol. The van der Waals surface area contributed by atoms with Crippen LogP contribution in [0.2, 0.25) is 0 Å². The molecule has 4 aromatic rings. The van der Waals surface area contributed by atoms with Crippen molar-refractivity contribution < 1.29 is 79.5 Å². The minimum atomic E-state index is -1.28. The fourth-order valence-electron chi connectivity index (χ4n) is 6.23. The number of hydrogen-bond acceptors (Lipinski definition) is 15. The molecule has 4 aromatic carbocycles. The maximum absolute atomic E-state index is 11.6. The predicted octanol–water partition coefficient (Wildman–Crippen LogP) is 0.200. The van der Waals surface area contributed by atoms with E-state index < -0.39 is 86.0 Å². The van der Waals surface area contributed by atoms with Crippen molar-refractivity contribution in [3.05, 3.63) is 82.9 Å². The van der Waals surface area contributed by atoms with E-state index in [0.29, 0.717) is 45.8 Å². The second-order valence-electron chi connectivity index (χ2n) is 13.7. The SMILES string of the molecule is NCCNCCN.O=C(O)CN(CCN(CC(=O)O)CC(=O)O)CCN(CC(=O)O)CC(=O)O.O=C(O)c1cc2ccccc2c(Cc2c(O)c(C(=O)O)cc3ccccc23)c1O. The van der Waals surface area contributed by atoms with Crippen LogP contribution in [0.25, 0.3) is 21.5 Å². The first-order chi connectivity index (χ1) is 29.8. The number of benzene rings is 4. The van der Waals surface area contributed by atoms with Crippen molar-refractivity contribution in [1.82, 2.24) is 20.0 Å². The molecular formula is C41H52N6O16.